The number of pyridine rings is 2. The Morgan fingerprint density at radius 1 is 1.08 bits per heavy atom. The van der Waals surface area contributed by atoms with Crippen molar-refractivity contribution in [2.45, 2.75) is 25.5 Å². The number of aromatic nitrogens is 4. The van der Waals surface area contributed by atoms with Gasteiger partial charge >= 0.3 is 0 Å². The zero-order valence-corrected chi connectivity index (χ0v) is 20.0. The van der Waals surface area contributed by atoms with Gasteiger partial charge in [-0.15, -0.1) is 0 Å². The second-order valence-corrected chi connectivity index (χ2v) is 9.22. The number of aromatic amines is 1. The number of benzene rings is 1. The molecule has 9 heteroatoms. The summed E-state index contributed by atoms with van der Waals surface area (Å²) in [7, 11) is 0. The van der Waals surface area contributed by atoms with Crippen molar-refractivity contribution in [3.63, 3.8) is 0 Å². The minimum absolute atomic E-state index is 0.151. The minimum Gasteiger partial charge on any atom is -0.439 e. The Bertz CT molecular complexity index is 1330. The van der Waals surface area contributed by atoms with E-state index in [2.05, 4.69) is 32.2 Å². The van der Waals surface area contributed by atoms with Crippen molar-refractivity contribution in [2.24, 2.45) is 0 Å². The Morgan fingerprint density at radius 3 is 2.75 bits per heavy atom. The number of nitrogens with one attached hydrogen (secondary N) is 1. The van der Waals surface area contributed by atoms with Crippen LogP contribution in [0.1, 0.15) is 18.5 Å². The number of fused-ring (bicyclic) bond motifs is 1. The van der Waals surface area contributed by atoms with Crippen LogP contribution in [0.2, 0.25) is 0 Å². The number of nitrogens with zero attached hydrogens (tertiary/aromatic N) is 5. The van der Waals surface area contributed by atoms with E-state index in [0.29, 0.717) is 18.2 Å². The van der Waals surface area contributed by atoms with Crippen LogP contribution in [0, 0.1) is 0 Å². The lowest BCUT2D eigenvalue weighted by Crippen LogP contribution is -2.51. The number of hydrogen-bond donors (Lipinski definition) is 1. The molecule has 3 aromatic heterocycles. The average molecular weight is 485 g/mol. The molecule has 0 bridgehead atoms. The summed E-state index contributed by atoms with van der Waals surface area (Å²) in [6.45, 7) is 4.64. The molecule has 2 aliphatic heterocycles. The number of piperazine rings is 1. The van der Waals surface area contributed by atoms with E-state index in [1.165, 1.54) is 0 Å². The highest BCUT2D eigenvalue weighted by Gasteiger charge is 2.30. The lowest BCUT2D eigenvalue weighted by molar-refractivity contribution is -0.142. The molecule has 184 valence electrons. The number of ether oxygens (including phenoxy) is 2. The Labute approximate surface area is 209 Å². The van der Waals surface area contributed by atoms with Crippen LogP contribution in [-0.2, 0) is 16.1 Å². The van der Waals surface area contributed by atoms with Crippen molar-refractivity contribution in [2.75, 3.05) is 32.8 Å². The fourth-order valence-corrected chi connectivity index (χ4v) is 4.77. The van der Waals surface area contributed by atoms with Gasteiger partial charge in [0.15, 0.2) is 0 Å². The zero-order valence-electron chi connectivity index (χ0n) is 20.0. The smallest absolute Gasteiger partial charge is 0.251 e. The Kier molecular flexibility index (Phi) is 6.31. The maximum absolute atomic E-state index is 12.6. The van der Waals surface area contributed by atoms with Gasteiger partial charge in [-0.25, -0.2) is 4.98 Å². The maximum atomic E-state index is 12.6. The predicted octanol–water partition coefficient (Wildman–Crippen LogP) is 3.64. The highest BCUT2D eigenvalue weighted by atomic mass is 16.5. The quantitative estimate of drug-likeness (QED) is 0.446. The van der Waals surface area contributed by atoms with Crippen molar-refractivity contribution < 1.29 is 14.3 Å². The molecule has 0 spiro atoms. The highest BCUT2D eigenvalue weighted by molar-refractivity contribution is 5.81. The van der Waals surface area contributed by atoms with Gasteiger partial charge in [-0.05, 0) is 49.2 Å². The van der Waals surface area contributed by atoms with Crippen molar-refractivity contribution in [3.05, 3.63) is 66.6 Å². The zero-order chi connectivity index (χ0) is 24.3. The molecule has 2 saturated heterocycles. The third-order valence-electron chi connectivity index (χ3n) is 6.76. The molecule has 5 heterocycles. The molecular weight excluding hydrogens is 456 g/mol. The van der Waals surface area contributed by atoms with Crippen molar-refractivity contribution in [3.8, 4) is 22.9 Å². The van der Waals surface area contributed by atoms with E-state index in [0.717, 1.165) is 73.4 Å². The molecule has 36 heavy (non-hydrogen) atoms. The van der Waals surface area contributed by atoms with E-state index < -0.39 is 0 Å². The van der Waals surface area contributed by atoms with Gasteiger partial charge in [0, 0.05) is 68.7 Å². The first-order chi connectivity index (χ1) is 17.7. The van der Waals surface area contributed by atoms with E-state index in [4.69, 9.17) is 14.5 Å². The summed E-state index contributed by atoms with van der Waals surface area (Å²) in [5, 5.41) is 7.91. The molecule has 1 N–H and O–H groups in total. The number of H-pyrrole nitrogens is 1. The van der Waals surface area contributed by atoms with Crippen molar-refractivity contribution in [1.82, 2.24) is 30.0 Å². The normalized spacial score (nSPS) is 18.6. The molecule has 4 aromatic rings. The first-order valence-electron chi connectivity index (χ1n) is 12.4. The van der Waals surface area contributed by atoms with Gasteiger partial charge in [0.05, 0.1) is 16.9 Å². The molecule has 2 fully saturated rings. The monoisotopic (exact) mass is 484 g/mol. The molecule has 0 unspecified atom stereocenters. The third-order valence-corrected chi connectivity index (χ3v) is 6.76. The van der Waals surface area contributed by atoms with Crippen LogP contribution in [0.15, 0.2) is 60.9 Å². The van der Waals surface area contributed by atoms with Crippen LogP contribution >= 0.6 is 0 Å². The molecule has 0 radical (unpaired) electrons. The van der Waals surface area contributed by atoms with Crippen LogP contribution in [0.25, 0.3) is 22.2 Å². The summed E-state index contributed by atoms with van der Waals surface area (Å²) in [5.74, 6) is 1.39. The van der Waals surface area contributed by atoms with Crippen LogP contribution < -0.4 is 4.74 Å². The number of hydrogen-bond acceptors (Lipinski definition) is 7. The molecule has 2 aliphatic rings. The van der Waals surface area contributed by atoms with E-state index in [1.54, 1.807) is 12.4 Å². The van der Waals surface area contributed by atoms with Crippen molar-refractivity contribution in [1.29, 1.82) is 0 Å². The van der Waals surface area contributed by atoms with Crippen LogP contribution in [0.5, 0.6) is 11.6 Å². The summed E-state index contributed by atoms with van der Waals surface area (Å²) < 4.78 is 11.5. The Balaban J connectivity index is 1.06. The third kappa shape index (κ3) is 4.93. The summed E-state index contributed by atoms with van der Waals surface area (Å²) in [5.41, 5.74) is 3.81. The van der Waals surface area contributed by atoms with Crippen LogP contribution in [0.3, 0.4) is 0 Å². The fourth-order valence-electron chi connectivity index (χ4n) is 4.77. The molecule has 1 atom stereocenters. The molecule has 1 amide bonds. The SMILES string of the molecule is O=C([C@H]1CCCO1)N1CCN(Cc2ccc3cc(Oc4ccc(-c5ccn[nH]5)cn4)ccc3n2)CC1. The highest BCUT2D eigenvalue weighted by Crippen LogP contribution is 2.26. The first kappa shape index (κ1) is 22.6. The van der Waals surface area contributed by atoms with Gasteiger partial charge < -0.3 is 14.4 Å². The maximum Gasteiger partial charge on any atom is 0.251 e. The number of amides is 1. The van der Waals surface area contributed by atoms with Crippen molar-refractivity contribution >= 4 is 16.8 Å². The van der Waals surface area contributed by atoms with Crippen LogP contribution in [0.4, 0.5) is 0 Å². The summed E-state index contributed by atoms with van der Waals surface area (Å²) in [6.07, 6.45) is 5.07. The molecule has 9 nitrogen and oxygen atoms in total. The van der Waals surface area contributed by atoms with E-state index in [-0.39, 0.29) is 12.0 Å². The average Bonchev–Trinajstić information content (AvgIpc) is 3.65. The molecule has 6 rings (SSSR count). The number of carbonyl (C=O) groups excluding carboxylic acids is 1. The second kappa shape index (κ2) is 10.0. The summed E-state index contributed by atoms with van der Waals surface area (Å²) >= 11 is 0. The minimum atomic E-state index is -0.232. The molecule has 1 aromatic carbocycles. The van der Waals surface area contributed by atoms with Gasteiger partial charge in [-0.3, -0.25) is 19.8 Å². The second-order valence-electron chi connectivity index (χ2n) is 9.22. The van der Waals surface area contributed by atoms with Crippen LogP contribution in [-0.4, -0.2) is 74.8 Å². The largest absolute Gasteiger partial charge is 0.439 e. The van der Waals surface area contributed by atoms with Gasteiger partial charge in [-0.1, -0.05) is 6.07 Å². The predicted molar refractivity (Wildman–Crippen MR) is 134 cm³/mol. The van der Waals surface area contributed by atoms with Gasteiger partial charge in [-0.2, -0.15) is 5.10 Å². The molecular formula is C27H28N6O3. The standard InChI is InChI=1S/C27H28N6O3/c34-27(25-2-1-15-35-25)33-13-11-32(12-14-33)18-21-5-3-19-16-22(6-7-23(19)30-21)36-26-8-4-20(17-28-26)24-9-10-29-31-24/h3-10,16-17,25H,1-2,11-15,18H2,(H,29,31)/t25-/m1/s1. The Hall–Kier alpha value is -3.82. The summed E-state index contributed by atoms with van der Waals surface area (Å²) in [4.78, 5) is 26.1. The van der Waals surface area contributed by atoms with Gasteiger partial charge in [0.1, 0.15) is 11.9 Å². The summed E-state index contributed by atoms with van der Waals surface area (Å²) in [6, 6.07) is 15.7. The topological polar surface area (TPSA) is 96.5 Å². The van der Waals surface area contributed by atoms with Gasteiger partial charge in [0.2, 0.25) is 5.88 Å². The molecule has 0 saturated carbocycles. The molecule has 0 aliphatic carbocycles. The first-order valence-corrected chi connectivity index (χ1v) is 12.4. The Morgan fingerprint density at radius 2 is 2.00 bits per heavy atom. The van der Waals surface area contributed by atoms with E-state index in [9.17, 15) is 4.79 Å². The van der Waals surface area contributed by atoms with Gasteiger partial charge in [0.25, 0.3) is 5.91 Å². The lowest BCUT2D eigenvalue weighted by Gasteiger charge is -2.35. The van der Waals surface area contributed by atoms with E-state index >= 15 is 0 Å². The fraction of sp³-hybridized carbons (Fsp3) is 0.333. The lowest BCUT2D eigenvalue weighted by atomic mass is 10.1. The number of rotatable bonds is 6. The van der Waals surface area contributed by atoms with E-state index in [1.807, 2.05) is 41.3 Å². The number of carbonyl (C=O) groups is 1.